The first-order chi connectivity index (χ1) is 12.1. The molecule has 0 spiro atoms. The fourth-order valence-electron chi connectivity index (χ4n) is 2.73. The van der Waals surface area contributed by atoms with Crippen molar-refractivity contribution in [3.05, 3.63) is 71.8 Å². The van der Waals surface area contributed by atoms with E-state index in [9.17, 15) is 4.79 Å². The van der Waals surface area contributed by atoms with Gasteiger partial charge in [0.2, 0.25) is 0 Å². The summed E-state index contributed by atoms with van der Waals surface area (Å²) < 4.78 is 10.5. The van der Waals surface area contributed by atoms with E-state index in [0.717, 1.165) is 29.0 Å². The third-order valence-corrected chi connectivity index (χ3v) is 4.14. The number of carbonyl (C=O) groups is 1. The van der Waals surface area contributed by atoms with Crippen LogP contribution in [-0.4, -0.2) is 20.1 Å². The van der Waals surface area contributed by atoms with E-state index < -0.39 is 0 Å². The number of hydrogen-bond donors (Lipinski definition) is 1. The molecule has 1 N–H and O–H groups in total. The second kappa shape index (κ2) is 8.92. The molecule has 0 aliphatic heterocycles. The quantitative estimate of drug-likeness (QED) is 0.729. The molecule has 132 valence electrons. The lowest BCUT2D eigenvalue weighted by atomic mass is 10.0. The minimum atomic E-state index is -0.101. The smallest absolute Gasteiger partial charge is 0.251 e. The highest BCUT2D eigenvalue weighted by Gasteiger charge is 2.15. The van der Waals surface area contributed by atoms with Crippen molar-refractivity contribution in [3.63, 3.8) is 0 Å². The Balaban J connectivity index is 2.18. The maximum atomic E-state index is 12.7. The molecule has 4 nitrogen and oxygen atoms in total. The van der Waals surface area contributed by atoms with Gasteiger partial charge in [-0.2, -0.15) is 0 Å². The van der Waals surface area contributed by atoms with Gasteiger partial charge in [0.15, 0.2) is 0 Å². The molecule has 0 saturated carbocycles. The number of ether oxygens (including phenoxy) is 2. The average molecular weight is 339 g/mol. The molecule has 2 aromatic rings. The highest BCUT2D eigenvalue weighted by molar-refractivity contribution is 5.94. The van der Waals surface area contributed by atoms with Crippen LogP contribution in [0.15, 0.2) is 55.1 Å². The second-order valence-electron chi connectivity index (χ2n) is 5.73. The molecule has 2 aromatic carbocycles. The number of amides is 1. The number of hydrogen-bond acceptors (Lipinski definition) is 3. The molecular weight excluding hydrogens is 314 g/mol. The van der Waals surface area contributed by atoms with Crippen molar-refractivity contribution in [3.8, 4) is 11.5 Å². The van der Waals surface area contributed by atoms with Gasteiger partial charge in [0.25, 0.3) is 5.91 Å². The van der Waals surface area contributed by atoms with E-state index in [-0.39, 0.29) is 11.9 Å². The van der Waals surface area contributed by atoms with Crippen LogP contribution in [0, 0.1) is 0 Å². The van der Waals surface area contributed by atoms with Crippen LogP contribution in [0.3, 0.4) is 0 Å². The van der Waals surface area contributed by atoms with Crippen LogP contribution in [0.25, 0.3) is 0 Å². The molecule has 2 rings (SSSR count). The van der Waals surface area contributed by atoms with Crippen molar-refractivity contribution in [2.45, 2.75) is 25.8 Å². The average Bonchev–Trinajstić information content (AvgIpc) is 2.66. The van der Waals surface area contributed by atoms with Gasteiger partial charge in [-0.05, 0) is 54.3 Å². The van der Waals surface area contributed by atoms with Crippen molar-refractivity contribution in [1.82, 2.24) is 5.32 Å². The first-order valence-corrected chi connectivity index (χ1v) is 8.35. The molecule has 1 amide bonds. The van der Waals surface area contributed by atoms with Gasteiger partial charge in [0, 0.05) is 5.56 Å². The van der Waals surface area contributed by atoms with E-state index in [4.69, 9.17) is 9.47 Å². The van der Waals surface area contributed by atoms with E-state index in [2.05, 4.69) is 11.9 Å². The van der Waals surface area contributed by atoms with Crippen LogP contribution in [0.5, 0.6) is 11.5 Å². The van der Waals surface area contributed by atoms with Gasteiger partial charge in [-0.15, -0.1) is 6.58 Å². The molecule has 0 unspecified atom stereocenters. The summed E-state index contributed by atoms with van der Waals surface area (Å²) in [7, 11) is 3.26. The summed E-state index contributed by atoms with van der Waals surface area (Å²) in [5.74, 6) is 1.46. The molecule has 0 aliphatic carbocycles. The van der Waals surface area contributed by atoms with Crippen LogP contribution in [0.2, 0.25) is 0 Å². The highest BCUT2D eigenvalue weighted by Crippen LogP contribution is 2.23. The maximum Gasteiger partial charge on any atom is 0.251 e. The van der Waals surface area contributed by atoms with Crippen LogP contribution >= 0.6 is 0 Å². The lowest BCUT2D eigenvalue weighted by Crippen LogP contribution is -2.28. The molecule has 4 heteroatoms. The zero-order valence-corrected chi connectivity index (χ0v) is 15.0. The predicted molar refractivity (Wildman–Crippen MR) is 100 cm³/mol. The van der Waals surface area contributed by atoms with Crippen molar-refractivity contribution in [2.75, 3.05) is 14.2 Å². The van der Waals surface area contributed by atoms with Gasteiger partial charge in [-0.3, -0.25) is 4.79 Å². The molecule has 0 radical (unpaired) electrons. The van der Waals surface area contributed by atoms with Gasteiger partial charge in [0.05, 0.1) is 20.3 Å². The summed E-state index contributed by atoms with van der Waals surface area (Å²) >= 11 is 0. The van der Waals surface area contributed by atoms with E-state index in [1.165, 1.54) is 0 Å². The number of rotatable bonds is 8. The predicted octanol–water partition coefficient (Wildman–Crippen LogP) is 4.31. The largest absolute Gasteiger partial charge is 0.497 e. The Morgan fingerprint density at radius 3 is 2.44 bits per heavy atom. The second-order valence-corrected chi connectivity index (χ2v) is 5.73. The summed E-state index contributed by atoms with van der Waals surface area (Å²) in [5.41, 5.74) is 2.61. The topological polar surface area (TPSA) is 47.6 Å². The third kappa shape index (κ3) is 4.63. The number of benzene rings is 2. The van der Waals surface area contributed by atoms with Gasteiger partial charge in [0.1, 0.15) is 11.5 Å². The summed E-state index contributed by atoms with van der Waals surface area (Å²) in [6.07, 6.45) is 3.25. The first kappa shape index (κ1) is 18.6. The molecule has 0 saturated heterocycles. The van der Waals surface area contributed by atoms with Gasteiger partial charge in [-0.1, -0.05) is 25.1 Å². The van der Waals surface area contributed by atoms with Crippen LogP contribution in [0.4, 0.5) is 0 Å². The lowest BCUT2D eigenvalue weighted by Gasteiger charge is -2.18. The number of methoxy groups -OCH3 is 2. The summed E-state index contributed by atoms with van der Waals surface area (Å²) in [6, 6.07) is 13.2. The third-order valence-electron chi connectivity index (χ3n) is 4.14. The maximum absolute atomic E-state index is 12.7. The van der Waals surface area contributed by atoms with Gasteiger partial charge >= 0.3 is 0 Å². The molecular formula is C21H25NO3. The van der Waals surface area contributed by atoms with E-state index in [1.54, 1.807) is 26.4 Å². The zero-order chi connectivity index (χ0) is 18.2. The van der Waals surface area contributed by atoms with Gasteiger partial charge in [-0.25, -0.2) is 0 Å². The van der Waals surface area contributed by atoms with E-state index >= 15 is 0 Å². The Morgan fingerprint density at radius 2 is 1.88 bits per heavy atom. The fraction of sp³-hybridized carbons (Fsp3) is 0.286. The monoisotopic (exact) mass is 339 g/mol. The number of carbonyl (C=O) groups excluding carboxylic acids is 1. The van der Waals surface area contributed by atoms with E-state index in [1.807, 2.05) is 43.3 Å². The summed E-state index contributed by atoms with van der Waals surface area (Å²) in [4.78, 5) is 12.7. The van der Waals surface area contributed by atoms with Gasteiger partial charge < -0.3 is 14.8 Å². The van der Waals surface area contributed by atoms with Crippen molar-refractivity contribution < 1.29 is 14.3 Å². The van der Waals surface area contributed by atoms with E-state index in [0.29, 0.717) is 12.0 Å². The SMILES string of the molecule is C=CCc1cc(C(=O)N[C@@H](CC)c2ccc(OC)cc2)ccc1OC. The van der Waals surface area contributed by atoms with Crippen molar-refractivity contribution in [1.29, 1.82) is 0 Å². The molecule has 25 heavy (non-hydrogen) atoms. The zero-order valence-electron chi connectivity index (χ0n) is 15.0. The standard InChI is InChI=1S/C21H25NO3/c1-5-7-16-14-17(10-13-20(16)25-4)21(23)22-19(6-2)15-8-11-18(24-3)12-9-15/h5,8-14,19H,1,6-7H2,2-4H3,(H,22,23)/t19-/m0/s1. The van der Waals surface area contributed by atoms with Crippen LogP contribution in [-0.2, 0) is 6.42 Å². The molecule has 0 fully saturated rings. The van der Waals surface area contributed by atoms with Crippen LogP contribution in [0.1, 0.15) is 40.9 Å². The Bertz CT molecular complexity index is 722. The minimum Gasteiger partial charge on any atom is -0.497 e. The summed E-state index contributed by atoms with van der Waals surface area (Å²) in [6.45, 7) is 5.80. The summed E-state index contributed by atoms with van der Waals surface area (Å²) in [5, 5.41) is 3.10. The van der Waals surface area contributed by atoms with Crippen molar-refractivity contribution in [2.24, 2.45) is 0 Å². The molecule has 0 heterocycles. The normalized spacial score (nSPS) is 11.5. The van der Waals surface area contributed by atoms with Crippen molar-refractivity contribution >= 4 is 5.91 Å². The Labute approximate surface area is 149 Å². The number of nitrogens with one attached hydrogen (secondary N) is 1. The Hall–Kier alpha value is -2.75. The Morgan fingerprint density at radius 1 is 1.16 bits per heavy atom. The first-order valence-electron chi connectivity index (χ1n) is 8.35. The van der Waals surface area contributed by atoms with Crippen LogP contribution < -0.4 is 14.8 Å². The number of allylic oxidation sites excluding steroid dienone is 1. The fourth-order valence-corrected chi connectivity index (χ4v) is 2.73. The molecule has 0 bridgehead atoms. The minimum absolute atomic E-state index is 0.0524. The Kier molecular flexibility index (Phi) is 6.63. The molecule has 0 aromatic heterocycles. The molecule has 1 atom stereocenters. The highest BCUT2D eigenvalue weighted by atomic mass is 16.5. The molecule has 0 aliphatic rings. The lowest BCUT2D eigenvalue weighted by molar-refractivity contribution is 0.0935.